The second kappa shape index (κ2) is 6.29. The molecule has 0 aromatic carbocycles. The number of carbonyl (C=O) groups is 1. The Hall–Kier alpha value is -0.500. The summed E-state index contributed by atoms with van der Waals surface area (Å²) in [6, 6.07) is 0. The maximum Gasteiger partial charge on any atom is 0.349 e. The molecule has 0 aliphatic rings. The van der Waals surface area contributed by atoms with Gasteiger partial charge in [0.05, 0.1) is 19.4 Å². The van der Waals surface area contributed by atoms with Crippen molar-refractivity contribution < 1.29 is 19.7 Å². The second-order valence-electron chi connectivity index (χ2n) is 3.04. The van der Waals surface area contributed by atoms with Gasteiger partial charge in [0.25, 0.3) is 0 Å². The summed E-state index contributed by atoms with van der Waals surface area (Å²) in [6.07, 6.45) is -0.221. The molecule has 0 aliphatic carbocycles. The van der Waals surface area contributed by atoms with Gasteiger partial charge in [-0.3, -0.25) is 0 Å². The maximum absolute atomic E-state index is 11.1. The van der Waals surface area contributed by atoms with Crippen LogP contribution >= 0.6 is 27.3 Å². The summed E-state index contributed by atoms with van der Waals surface area (Å²) in [4.78, 5) is 15.3. The number of thiazole rings is 1. The number of ether oxygens (including phenoxy) is 1. The lowest BCUT2D eigenvalue weighted by molar-refractivity contribution is 0.0172. The van der Waals surface area contributed by atoms with Crippen molar-refractivity contribution in [3.8, 4) is 0 Å². The largest absolute Gasteiger partial charge is 0.465 e. The van der Waals surface area contributed by atoms with Crippen molar-refractivity contribution in [2.45, 2.75) is 18.6 Å². The summed E-state index contributed by atoms with van der Waals surface area (Å²) in [5.74, 6) is -0.495. The highest BCUT2D eigenvalue weighted by molar-refractivity contribution is 9.09. The molecular formula is C9H12BrNO4S. The quantitative estimate of drug-likeness (QED) is 0.629. The fourth-order valence-corrected chi connectivity index (χ4v) is 2.40. The molecule has 1 aromatic rings. The van der Waals surface area contributed by atoms with Crippen molar-refractivity contribution in [1.82, 2.24) is 4.98 Å². The number of nitrogens with zero attached hydrogens (tertiary/aromatic N) is 1. The molecule has 5 nitrogen and oxygen atoms in total. The molecule has 1 rings (SSSR count). The number of aliphatic hydroxyl groups is 2. The van der Waals surface area contributed by atoms with Crippen molar-refractivity contribution in [2.75, 3.05) is 12.4 Å². The molecule has 0 aliphatic heterocycles. The smallest absolute Gasteiger partial charge is 0.349 e. The monoisotopic (exact) mass is 309 g/mol. The Morgan fingerprint density at radius 3 is 2.94 bits per heavy atom. The molecule has 2 N–H and O–H groups in total. The third kappa shape index (κ3) is 3.24. The average molecular weight is 310 g/mol. The van der Waals surface area contributed by atoms with Crippen LogP contribution in [0.25, 0.3) is 0 Å². The summed E-state index contributed by atoms with van der Waals surface area (Å²) in [6.45, 7) is 0. The molecule has 2 unspecified atom stereocenters. The standard InChI is InChI=1S/C9H12BrNO4S/c1-15-9(14)6-4-11-8(16-6)7(13)5(12)2-3-10/h4-5,7,12-13H,2-3H2,1H3. The van der Waals surface area contributed by atoms with E-state index < -0.39 is 18.2 Å². The number of aliphatic hydroxyl groups excluding tert-OH is 2. The number of esters is 1. The van der Waals surface area contributed by atoms with Crippen molar-refractivity contribution in [2.24, 2.45) is 0 Å². The first-order valence-corrected chi connectivity index (χ1v) is 6.50. The van der Waals surface area contributed by atoms with Gasteiger partial charge in [0.1, 0.15) is 16.0 Å². The number of rotatable bonds is 5. The molecule has 2 atom stereocenters. The molecule has 0 bridgehead atoms. The molecule has 0 amide bonds. The first kappa shape index (κ1) is 13.6. The minimum absolute atomic E-state index is 0.308. The zero-order valence-corrected chi connectivity index (χ0v) is 11.0. The van der Waals surface area contributed by atoms with E-state index >= 15 is 0 Å². The molecule has 0 saturated carbocycles. The van der Waals surface area contributed by atoms with E-state index in [4.69, 9.17) is 0 Å². The molecule has 0 radical (unpaired) electrons. The lowest BCUT2D eigenvalue weighted by atomic mass is 10.2. The second-order valence-corrected chi connectivity index (χ2v) is 4.90. The maximum atomic E-state index is 11.1. The predicted molar refractivity (Wildman–Crippen MR) is 62.8 cm³/mol. The van der Waals surface area contributed by atoms with Crippen LogP contribution in [0, 0.1) is 0 Å². The number of hydrogen-bond donors (Lipinski definition) is 2. The molecule has 1 aromatic heterocycles. The summed E-state index contributed by atoms with van der Waals surface area (Å²) < 4.78 is 4.52. The van der Waals surface area contributed by atoms with Gasteiger partial charge in [-0.2, -0.15) is 0 Å². The van der Waals surface area contributed by atoms with Gasteiger partial charge in [0.15, 0.2) is 0 Å². The van der Waals surface area contributed by atoms with E-state index in [1.54, 1.807) is 0 Å². The summed E-state index contributed by atoms with van der Waals surface area (Å²) >= 11 is 4.19. The Morgan fingerprint density at radius 1 is 1.69 bits per heavy atom. The van der Waals surface area contributed by atoms with Crippen molar-refractivity contribution in [1.29, 1.82) is 0 Å². The van der Waals surface area contributed by atoms with Gasteiger partial charge in [-0.25, -0.2) is 9.78 Å². The number of hydrogen-bond acceptors (Lipinski definition) is 6. The van der Waals surface area contributed by atoms with Crippen molar-refractivity contribution >= 4 is 33.2 Å². The van der Waals surface area contributed by atoms with Crippen LogP contribution < -0.4 is 0 Å². The van der Waals surface area contributed by atoms with Crippen LogP contribution in [-0.2, 0) is 4.74 Å². The number of methoxy groups -OCH3 is 1. The molecule has 90 valence electrons. The Bertz CT molecular complexity index is 357. The average Bonchev–Trinajstić information content (AvgIpc) is 2.76. The van der Waals surface area contributed by atoms with Gasteiger partial charge < -0.3 is 14.9 Å². The highest BCUT2D eigenvalue weighted by Gasteiger charge is 2.22. The first-order valence-electron chi connectivity index (χ1n) is 4.56. The third-order valence-corrected chi connectivity index (χ3v) is 3.44. The minimum atomic E-state index is -1.07. The Labute approximate surface area is 105 Å². The SMILES string of the molecule is COC(=O)c1cnc(C(O)C(O)CCBr)s1. The molecular weight excluding hydrogens is 298 g/mol. The van der Waals surface area contributed by atoms with E-state index in [9.17, 15) is 15.0 Å². The topological polar surface area (TPSA) is 79.7 Å². The number of aromatic nitrogens is 1. The minimum Gasteiger partial charge on any atom is -0.465 e. The van der Waals surface area contributed by atoms with Crippen LogP contribution in [0.4, 0.5) is 0 Å². The molecule has 0 fully saturated rings. The van der Waals surface area contributed by atoms with Crippen LogP contribution in [0.15, 0.2) is 6.20 Å². The van der Waals surface area contributed by atoms with E-state index in [-0.39, 0.29) is 0 Å². The van der Waals surface area contributed by atoms with Gasteiger partial charge in [0, 0.05) is 5.33 Å². The number of alkyl halides is 1. The number of carbonyl (C=O) groups excluding carboxylic acids is 1. The van der Waals surface area contributed by atoms with E-state index in [0.717, 1.165) is 11.3 Å². The summed E-state index contributed by atoms with van der Waals surface area (Å²) in [7, 11) is 1.28. The molecule has 7 heteroatoms. The van der Waals surface area contributed by atoms with E-state index in [2.05, 4.69) is 25.7 Å². The van der Waals surface area contributed by atoms with E-state index in [0.29, 0.717) is 21.6 Å². The molecule has 0 saturated heterocycles. The fraction of sp³-hybridized carbons (Fsp3) is 0.556. The van der Waals surface area contributed by atoms with Gasteiger partial charge in [-0.1, -0.05) is 15.9 Å². The highest BCUT2D eigenvalue weighted by Crippen LogP contribution is 2.24. The number of halogens is 1. The Kier molecular flexibility index (Phi) is 5.33. The van der Waals surface area contributed by atoms with Crippen molar-refractivity contribution in [3.05, 3.63) is 16.1 Å². The lowest BCUT2D eigenvalue weighted by Crippen LogP contribution is -2.18. The zero-order chi connectivity index (χ0) is 12.1. The van der Waals surface area contributed by atoms with Crippen LogP contribution in [0.2, 0.25) is 0 Å². The summed E-state index contributed by atoms with van der Waals surface area (Å²) in [5.41, 5.74) is 0. The van der Waals surface area contributed by atoms with Crippen LogP contribution in [0.3, 0.4) is 0 Å². The molecule has 0 spiro atoms. The first-order chi connectivity index (χ1) is 7.60. The van der Waals surface area contributed by atoms with Gasteiger partial charge in [-0.15, -0.1) is 11.3 Å². The third-order valence-electron chi connectivity index (χ3n) is 1.93. The van der Waals surface area contributed by atoms with Crippen LogP contribution in [-0.4, -0.2) is 39.7 Å². The van der Waals surface area contributed by atoms with Gasteiger partial charge in [-0.05, 0) is 6.42 Å². The fourth-order valence-electron chi connectivity index (χ4n) is 1.05. The zero-order valence-electron chi connectivity index (χ0n) is 8.59. The van der Waals surface area contributed by atoms with E-state index in [1.165, 1.54) is 13.3 Å². The van der Waals surface area contributed by atoms with Crippen molar-refractivity contribution in [3.63, 3.8) is 0 Å². The Balaban J connectivity index is 2.73. The normalized spacial score (nSPS) is 14.5. The molecule has 16 heavy (non-hydrogen) atoms. The van der Waals surface area contributed by atoms with Gasteiger partial charge >= 0.3 is 5.97 Å². The Morgan fingerprint density at radius 2 is 2.38 bits per heavy atom. The predicted octanol–water partition coefficient (Wildman–Crippen LogP) is 1.11. The summed E-state index contributed by atoms with van der Waals surface area (Å²) in [5, 5.41) is 20.2. The van der Waals surface area contributed by atoms with Gasteiger partial charge in [0.2, 0.25) is 0 Å². The lowest BCUT2D eigenvalue weighted by Gasteiger charge is -2.13. The van der Waals surface area contributed by atoms with Crippen LogP contribution in [0.1, 0.15) is 27.2 Å². The molecule has 1 heterocycles. The van der Waals surface area contributed by atoms with E-state index in [1.807, 2.05) is 0 Å². The highest BCUT2D eigenvalue weighted by atomic mass is 79.9. The van der Waals surface area contributed by atoms with Crippen LogP contribution in [0.5, 0.6) is 0 Å².